The Morgan fingerprint density at radius 3 is 2.62 bits per heavy atom. The Hall–Kier alpha value is -2.79. The van der Waals surface area contributed by atoms with Crippen LogP contribution in [0.25, 0.3) is 0 Å². The van der Waals surface area contributed by atoms with Crippen molar-refractivity contribution in [2.45, 2.75) is 13.5 Å². The first kappa shape index (κ1) is 16.1. The summed E-state index contributed by atoms with van der Waals surface area (Å²) in [5, 5.41) is 13.4. The number of nitriles is 1. The molecule has 124 valence electrons. The van der Waals surface area contributed by atoms with Crippen LogP contribution >= 0.6 is 0 Å². The van der Waals surface area contributed by atoms with Crippen LogP contribution in [0.3, 0.4) is 0 Å². The van der Waals surface area contributed by atoms with Crippen LogP contribution in [0.4, 0.5) is 5.82 Å². The van der Waals surface area contributed by atoms with E-state index in [2.05, 4.69) is 30.9 Å². The third-order valence-corrected chi connectivity index (χ3v) is 4.08. The van der Waals surface area contributed by atoms with Crippen LogP contribution < -0.4 is 10.5 Å². The molecule has 1 saturated heterocycles. The van der Waals surface area contributed by atoms with Gasteiger partial charge in [-0.05, 0) is 13.0 Å². The molecular formula is C16H19N7O. The van der Waals surface area contributed by atoms with Gasteiger partial charge in [-0.2, -0.15) is 10.4 Å². The molecule has 0 unspecified atom stereocenters. The van der Waals surface area contributed by atoms with Gasteiger partial charge in [0.05, 0.1) is 12.2 Å². The monoisotopic (exact) mass is 325 g/mol. The second-order valence-corrected chi connectivity index (χ2v) is 5.71. The summed E-state index contributed by atoms with van der Waals surface area (Å²) in [7, 11) is 0. The summed E-state index contributed by atoms with van der Waals surface area (Å²) in [5.74, 6) is 0.649. The minimum absolute atomic E-state index is 0.0718. The molecule has 2 aromatic rings. The first-order chi connectivity index (χ1) is 11.7. The summed E-state index contributed by atoms with van der Waals surface area (Å²) in [6.07, 6.45) is 3.14. The quantitative estimate of drug-likeness (QED) is 0.783. The van der Waals surface area contributed by atoms with Crippen molar-refractivity contribution in [1.82, 2.24) is 24.6 Å². The average Bonchev–Trinajstić information content (AvgIpc) is 2.63. The first-order valence-electron chi connectivity index (χ1n) is 7.90. The van der Waals surface area contributed by atoms with E-state index < -0.39 is 0 Å². The molecule has 3 rings (SSSR count). The lowest BCUT2D eigenvalue weighted by atomic mass is 10.3. The highest BCUT2D eigenvalue weighted by molar-refractivity contribution is 5.49. The van der Waals surface area contributed by atoms with Crippen LogP contribution in [-0.4, -0.2) is 57.4 Å². The predicted octanol–water partition coefficient (Wildman–Crippen LogP) is 0.0356. The largest absolute Gasteiger partial charge is 0.352 e. The van der Waals surface area contributed by atoms with Crippen molar-refractivity contribution in [3.05, 3.63) is 46.3 Å². The standard InChI is InChI=1S/C16H19N7O/c1-13-2-3-15(24)23(20-13)11-8-21-6-9-22(10-7-21)16-14(12-17)18-4-5-19-16/h2-5H,6-11H2,1H3. The number of hydrogen-bond acceptors (Lipinski definition) is 7. The molecule has 0 spiro atoms. The van der Waals surface area contributed by atoms with E-state index >= 15 is 0 Å². The molecule has 8 heteroatoms. The molecule has 0 bridgehead atoms. The van der Waals surface area contributed by atoms with E-state index in [1.165, 1.54) is 10.9 Å². The zero-order valence-corrected chi connectivity index (χ0v) is 13.6. The lowest BCUT2D eigenvalue weighted by Gasteiger charge is -2.35. The van der Waals surface area contributed by atoms with Crippen molar-refractivity contribution in [3.63, 3.8) is 0 Å². The van der Waals surface area contributed by atoms with E-state index in [4.69, 9.17) is 5.26 Å². The summed E-state index contributed by atoms with van der Waals surface area (Å²) < 4.78 is 1.51. The molecule has 0 radical (unpaired) electrons. The third-order valence-electron chi connectivity index (χ3n) is 4.08. The fourth-order valence-electron chi connectivity index (χ4n) is 2.77. The Balaban J connectivity index is 1.57. The number of hydrogen-bond donors (Lipinski definition) is 0. The van der Waals surface area contributed by atoms with Crippen molar-refractivity contribution in [2.75, 3.05) is 37.6 Å². The van der Waals surface area contributed by atoms with Crippen LogP contribution in [0, 0.1) is 18.3 Å². The molecule has 0 aromatic carbocycles. The maximum Gasteiger partial charge on any atom is 0.266 e. The molecule has 8 nitrogen and oxygen atoms in total. The van der Waals surface area contributed by atoms with E-state index in [0.29, 0.717) is 18.1 Å². The van der Waals surface area contributed by atoms with Gasteiger partial charge in [0.1, 0.15) is 6.07 Å². The second kappa shape index (κ2) is 7.19. The van der Waals surface area contributed by atoms with Gasteiger partial charge in [-0.1, -0.05) is 0 Å². The number of aryl methyl sites for hydroxylation is 1. The maximum absolute atomic E-state index is 11.8. The molecule has 2 aromatic heterocycles. The molecule has 1 aliphatic rings. The topological polar surface area (TPSA) is 90.9 Å². The molecule has 3 heterocycles. The van der Waals surface area contributed by atoms with Gasteiger partial charge in [0.25, 0.3) is 5.56 Å². The van der Waals surface area contributed by atoms with Gasteiger partial charge in [-0.15, -0.1) is 0 Å². The molecular weight excluding hydrogens is 306 g/mol. The molecule has 24 heavy (non-hydrogen) atoms. The van der Waals surface area contributed by atoms with Crippen LogP contribution in [0.5, 0.6) is 0 Å². The normalized spacial score (nSPS) is 15.2. The van der Waals surface area contributed by atoms with Gasteiger partial charge in [0.15, 0.2) is 11.5 Å². The number of rotatable bonds is 4. The average molecular weight is 325 g/mol. The zero-order chi connectivity index (χ0) is 16.9. The number of aromatic nitrogens is 4. The van der Waals surface area contributed by atoms with Crippen molar-refractivity contribution >= 4 is 5.82 Å². The molecule has 1 aliphatic heterocycles. The molecule has 0 amide bonds. The number of anilines is 1. The van der Waals surface area contributed by atoms with Crippen molar-refractivity contribution in [2.24, 2.45) is 0 Å². The third kappa shape index (κ3) is 3.58. The van der Waals surface area contributed by atoms with Crippen LogP contribution in [0.15, 0.2) is 29.3 Å². The van der Waals surface area contributed by atoms with Gasteiger partial charge < -0.3 is 4.90 Å². The zero-order valence-electron chi connectivity index (χ0n) is 13.6. The minimum Gasteiger partial charge on any atom is -0.352 e. The van der Waals surface area contributed by atoms with E-state index in [0.717, 1.165) is 38.4 Å². The van der Waals surface area contributed by atoms with Crippen molar-refractivity contribution in [3.8, 4) is 6.07 Å². The van der Waals surface area contributed by atoms with Gasteiger partial charge in [0, 0.05) is 51.2 Å². The van der Waals surface area contributed by atoms with Gasteiger partial charge >= 0.3 is 0 Å². The Kier molecular flexibility index (Phi) is 4.82. The Morgan fingerprint density at radius 2 is 1.88 bits per heavy atom. The lowest BCUT2D eigenvalue weighted by molar-refractivity contribution is 0.242. The lowest BCUT2D eigenvalue weighted by Crippen LogP contribution is -2.48. The highest BCUT2D eigenvalue weighted by atomic mass is 16.1. The summed E-state index contributed by atoms with van der Waals surface area (Å²) in [5.41, 5.74) is 1.13. The first-order valence-corrected chi connectivity index (χ1v) is 7.90. The second-order valence-electron chi connectivity index (χ2n) is 5.71. The van der Waals surface area contributed by atoms with Crippen molar-refractivity contribution < 1.29 is 0 Å². The molecule has 0 N–H and O–H groups in total. The number of nitrogens with zero attached hydrogens (tertiary/aromatic N) is 7. The van der Waals surface area contributed by atoms with E-state index in [1.807, 2.05) is 6.92 Å². The molecule has 1 fully saturated rings. The summed E-state index contributed by atoms with van der Waals surface area (Å²) >= 11 is 0. The molecule has 0 atom stereocenters. The van der Waals surface area contributed by atoms with Gasteiger partial charge in [-0.25, -0.2) is 14.6 Å². The van der Waals surface area contributed by atoms with Gasteiger partial charge in [0.2, 0.25) is 0 Å². The van der Waals surface area contributed by atoms with Crippen LogP contribution in [-0.2, 0) is 6.54 Å². The highest BCUT2D eigenvalue weighted by Gasteiger charge is 2.20. The summed E-state index contributed by atoms with van der Waals surface area (Å²) in [6.45, 7) is 6.49. The molecule has 0 saturated carbocycles. The Bertz CT molecular complexity index is 803. The van der Waals surface area contributed by atoms with Crippen molar-refractivity contribution in [1.29, 1.82) is 5.26 Å². The molecule has 0 aliphatic carbocycles. The highest BCUT2D eigenvalue weighted by Crippen LogP contribution is 2.16. The van der Waals surface area contributed by atoms with E-state index in [-0.39, 0.29) is 5.56 Å². The minimum atomic E-state index is -0.0718. The maximum atomic E-state index is 11.8. The number of piperazine rings is 1. The Labute approximate surface area is 140 Å². The summed E-state index contributed by atoms with van der Waals surface area (Å²) in [6, 6.07) is 5.37. The fraction of sp³-hybridized carbons (Fsp3) is 0.438. The predicted molar refractivity (Wildman–Crippen MR) is 88.6 cm³/mol. The van der Waals surface area contributed by atoms with Gasteiger partial charge in [-0.3, -0.25) is 9.69 Å². The van der Waals surface area contributed by atoms with E-state index in [1.54, 1.807) is 18.3 Å². The fourth-order valence-corrected chi connectivity index (χ4v) is 2.77. The van der Waals surface area contributed by atoms with E-state index in [9.17, 15) is 4.79 Å². The Morgan fingerprint density at radius 1 is 1.12 bits per heavy atom. The van der Waals surface area contributed by atoms with Crippen LogP contribution in [0.2, 0.25) is 0 Å². The SMILES string of the molecule is Cc1ccc(=O)n(CCN2CCN(c3nccnc3C#N)CC2)n1. The summed E-state index contributed by atoms with van der Waals surface area (Å²) in [4.78, 5) is 24.5. The smallest absolute Gasteiger partial charge is 0.266 e. The van der Waals surface area contributed by atoms with Crippen LogP contribution in [0.1, 0.15) is 11.4 Å².